The number of Topliss-reactive ketones (excluding diaryl/α,β-unsaturated/α-hetero) is 1. The van der Waals surface area contributed by atoms with Gasteiger partial charge in [-0.05, 0) is 24.3 Å². The van der Waals surface area contributed by atoms with Crippen LogP contribution in [0, 0.1) is 17.3 Å². The molecule has 4 nitrogen and oxygen atoms in total. The molecule has 0 spiro atoms. The Bertz CT molecular complexity index is 488. The number of carbonyl (C=O) groups is 2. The molecule has 3 rings (SSSR count). The molecule has 3 atom stereocenters. The monoisotopic (exact) mass is 250 g/mol. The maximum absolute atomic E-state index is 12.5. The molecule has 0 bridgehead atoms. The third-order valence-electron chi connectivity index (χ3n) is 4.81. The molecule has 0 aromatic carbocycles. The van der Waals surface area contributed by atoms with E-state index in [2.05, 4.69) is 0 Å². The fourth-order valence-electron chi connectivity index (χ4n) is 3.91. The lowest BCUT2D eigenvalue weighted by molar-refractivity contribution is -0.146. The summed E-state index contributed by atoms with van der Waals surface area (Å²) in [6.45, 7) is 5.96. The highest BCUT2D eigenvalue weighted by Gasteiger charge is 2.64. The zero-order valence-electron chi connectivity index (χ0n) is 10.9. The van der Waals surface area contributed by atoms with Gasteiger partial charge >= 0.3 is 5.97 Å². The van der Waals surface area contributed by atoms with E-state index in [1.54, 1.807) is 0 Å². The van der Waals surface area contributed by atoms with E-state index in [1.807, 2.05) is 20.8 Å². The van der Waals surface area contributed by atoms with Gasteiger partial charge in [-0.3, -0.25) is 4.79 Å². The first-order valence-corrected chi connectivity index (χ1v) is 6.46. The Morgan fingerprint density at radius 2 is 2.00 bits per heavy atom. The maximum Gasteiger partial charge on any atom is 0.337 e. The van der Waals surface area contributed by atoms with Crippen molar-refractivity contribution in [1.29, 1.82) is 0 Å². The van der Waals surface area contributed by atoms with Gasteiger partial charge in [0.05, 0.1) is 5.57 Å². The molecule has 0 radical (unpaired) electrons. The van der Waals surface area contributed by atoms with Crippen molar-refractivity contribution in [2.24, 2.45) is 17.3 Å². The average molecular weight is 250 g/mol. The zero-order chi connectivity index (χ0) is 13.3. The normalized spacial score (nSPS) is 41.8. The van der Waals surface area contributed by atoms with Gasteiger partial charge < -0.3 is 9.84 Å². The molecule has 1 N–H and O–H groups in total. The van der Waals surface area contributed by atoms with E-state index >= 15 is 0 Å². The topological polar surface area (TPSA) is 63.6 Å². The summed E-state index contributed by atoms with van der Waals surface area (Å²) in [4.78, 5) is 24.4. The first-order chi connectivity index (χ1) is 8.28. The summed E-state index contributed by atoms with van der Waals surface area (Å²) in [6.07, 6.45) is 1.39. The highest BCUT2D eigenvalue weighted by atomic mass is 16.5. The minimum atomic E-state index is -1.60. The highest BCUT2D eigenvalue weighted by molar-refractivity contribution is 6.08. The number of carbonyl (C=O) groups excluding carboxylic acids is 2. The number of ether oxygens (including phenoxy) is 1. The molecule has 0 aromatic heterocycles. The van der Waals surface area contributed by atoms with Crippen molar-refractivity contribution in [3.63, 3.8) is 0 Å². The van der Waals surface area contributed by atoms with E-state index in [9.17, 15) is 14.7 Å². The smallest absolute Gasteiger partial charge is 0.337 e. The van der Waals surface area contributed by atoms with Crippen molar-refractivity contribution in [3.8, 4) is 0 Å². The van der Waals surface area contributed by atoms with Gasteiger partial charge in [-0.2, -0.15) is 0 Å². The predicted octanol–water partition coefficient (Wildman–Crippen LogP) is 1.23. The third kappa shape index (κ3) is 1.19. The molecule has 1 aliphatic heterocycles. The molecule has 2 aliphatic carbocycles. The Hall–Kier alpha value is -1.16. The molecule has 4 heteroatoms. The molecular weight excluding hydrogens is 232 g/mol. The molecule has 0 saturated heterocycles. The third-order valence-corrected chi connectivity index (χ3v) is 4.81. The number of ketones is 1. The number of hydrogen-bond acceptors (Lipinski definition) is 4. The number of cyclic esters (lactones) is 1. The molecule has 0 aromatic rings. The summed E-state index contributed by atoms with van der Waals surface area (Å²) in [5.41, 5.74) is -1.09. The molecular formula is C14H18O4. The molecule has 1 heterocycles. The Labute approximate surface area is 106 Å². The van der Waals surface area contributed by atoms with Crippen molar-refractivity contribution < 1.29 is 19.4 Å². The molecule has 18 heavy (non-hydrogen) atoms. The minimum absolute atomic E-state index is 0.153. The van der Waals surface area contributed by atoms with Crippen LogP contribution >= 0.6 is 0 Å². The van der Waals surface area contributed by atoms with Crippen LogP contribution in [0.4, 0.5) is 0 Å². The molecule has 1 saturated carbocycles. The SMILES string of the molecule is C[C@@H]1C[C@@H]2CC(C)(C)C(=O)[C@]2(O)C2=C1COC2=O. The zero-order valence-corrected chi connectivity index (χ0v) is 10.9. The number of fused-ring (bicyclic) bond motifs is 2. The molecule has 3 aliphatic rings. The second kappa shape index (κ2) is 3.23. The van der Waals surface area contributed by atoms with E-state index in [-0.39, 0.29) is 29.8 Å². The first kappa shape index (κ1) is 11.9. The van der Waals surface area contributed by atoms with Gasteiger partial charge in [0, 0.05) is 11.3 Å². The number of rotatable bonds is 0. The summed E-state index contributed by atoms with van der Waals surface area (Å²) >= 11 is 0. The van der Waals surface area contributed by atoms with Crippen LogP contribution in [0.15, 0.2) is 11.1 Å². The van der Waals surface area contributed by atoms with Crippen LogP contribution in [-0.2, 0) is 14.3 Å². The Morgan fingerprint density at radius 1 is 1.33 bits per heavy atom. The second-order valence-electron chi connectivity index (χ2n) is 6.49. The van der Waals surface area contributed by atoms with E-state index in [4.69, 9.17) is 4.74 Å². The van der Waals surface area contributed by atoms with Crippen LogP contribution in [0.3, 0.4) is 0 Å². The molecule has 0 amide bonds. The summed E-state index contributed by atoms with van der Waals surface area (Å²) in [6, 6.07) is 0. The van der Waals surface area contributed by atoms with Gasteiger partial charge in [0.15, 0.2) is 11.4 Å². The van der Waals surface area contributed by atoms with Gasteiger partial charge in [-0.15, -0.1) is 0 Å². The van der Waals surface area contributed by atoms with Gasteiger partial charge in [0.2, 0.25) is 0 Å². The van der Waals surface area contributed by atoms with Crippen LogP contribution in [0.5, 0.6) is 0 Å². The van der Waals surface area contributed by atoms with E-state index in [1.165, 1.54) is 0 Å². The number of esters is 1. The van der Waals surface area contributed by atoms with Crippen molar-refractivity contribution in [3.05, 3.63) is 11.1 Å². The molecule has 1 fully saturated rings. The van der Waals surface area contributed by atoms with Gasteiger partial charge in [0.1, 0.15) is 6.61 Å². The van der Waals surface area contributed by atoms with E-state index in [0.717, 1.165) is 12.0 Å². The van der Waals surface area contributed by atoms with Crippen LogP contribution in [0.25, 0.3) is 0 Å². The lowest BCUT2D eigenvalue weighted by Gasteiger charge is -2.35. The van der Waals surface area contributed by atoms with Crippen LogP contribution < -0.4 is 0 Å². The van der Waals surface area contributed by atoms with Crippen LogP contribution in [0.1, 0.15) is 33.6 Å². The Kier molecular flexibility index (Phi) is 2.14. The standard InChI is InChI=1S/C14H18O4/c1-7-4-8-5-13(2,3)12(16)14(8,17)10-9(7)6-18-11(10)15/h7-8,17H,4-6H2,1-3H3/t7-,8-,14-/m1/s1. The minimum Gasteiger partial charge on any atom is -0.458 e. The largest absolute Gasteiger partial charge is 0.458 e. The number of aliphatic hydroxyl groups is 1. The Morgan fingerprint density at radius 3 is 2.67 bits per heavy atom. The van der Waals surface area contributed by atoms with Gasteiger partial charge in [-0.25, -0.2) is 4.79 Å². The molecule has 0 unspecified atom stereocenters. The average Bonchev–Trinajstić information content (AvgIpc) is 2.73. The van der Waals surface area contributed by atoms with Crippen molar-refractivity contribution in [2.75, 3.05) is 6.61 Å². The quantitative estimate of drug-likeness (QED) is 0.657. The summed E-state index contributed by atoms with van der Waals surface area (Å²) in [7, 11) is 0. The first-order valence-electron chi connectivity index (χ1n) is 6.46. The lowest BCUT2D eigenvalue weighted by atomic mass is 9.69. The lowest BCUT2D eigenvalue weighted by Crippen LogP contribution is -2.49. The summed E-state index contributed by atoms with van der Waals surface area (Å²) < 4.78 is 5.03. The van der Waals surface area contributed by atoms with Crippen LogP contribution in [-0.4, -0.2) is 29.1 Å². The fraction of sp³-hybridized carbons (Fsp3) is 0.714. The van der Waals surface area contributed by atoms with Crippen molar-refractivity contribution >= 4 is 11.8 Å². The van der Waals surface area contributed by atoms with Gasteiger partial charge in [0.25, 0.3) is 0 Å². The summed E-state index contributed by atoms with van der Waals surface area (Å²) in [5.74, 6) is -0.675. The second-order valence-corrected chi connectivity index (χ2v) is 6.49. The number of hydrogen-bond donors (Lipinski definition) is 1. The van der Waals surface area contributed by atoms with Crippen LogP contribution in [0.2, 0.25) is 0 Å². The Balaban J connectivity index is 2.19. The highest BCUT2D eigenvalue weighted by Crippen LogP contribution is 2.55. The van der Waals surface area contributed by atoms with E-state index < -0.39 is 17.0 Å². The predicted molar refractivity (Wildman–Crippen MR) is 63.6 cm³/mol. The van der Waals surface area contributed by atoms with Gasteiger partial charge in [-0.1, -0.05) is 20.8 Å². The summed E-state index contributed by atoms with van der Waals surface area (Å²) in [5, 5.41) is 10.9. The fourth-order valence-corrected chi connectivity index (χ4v) is 3.91. The van der Waals surface area contributed by atoms with Crippen molar-refractivity contribution in [1.82, 2.24) is 0 Å². The molecule has 98 valence electrons. The maximum atomic E-state index is 12.5. The van der Waals surface area contributed by atoms with E-state index in [0.29, 0.717) is 6.42 Å². The van der Waals surface area contributed by atoms with Crippen molar-refractivity contribution in [2.45, 2.75) is 39.2 Å².